The van der Waals surface area contributed by atoms with Gasteiger partial charge < -0.3 is 21.1 Å². The molecule has 0 aromatic heterocycles. The van der Waals surface area contributed by atoms with E-state index in [1.165, 1.54) is 7.11 Å². The standard InChI is InChI=1S/C13H25N5O3/c1-13(17-18-13)7-5-9-16-12(20)15-8-4-3-6-10(14)11(19)21-2/h10H,3-9,14H2,1-2H3,(H2,15,16,20)/t10-/m0/s1. The summed E-state index contributed by atoms with van der Waals surface area (Å²) in [5.41, 5.74) is 5.40. The summed E-state index contributed by atoms with van der Waals surface area (Å²) in [5.74, 6) is -0.400. The minimum absolute atomic E-state index is 0.179. The van der Waals surface area contributed by atoms with Crippen LogP contribution < -0.4 is 16.4 Å². The van der Waals surface area contributed by atoms with Gasteiger partial charge in [-0.1, -0.05) is 0 Å². The summed E-state index contributed by atoms with van der Waals surface area (Å²) < 4.78 is 4.53. The molecule has 1 rings (SSSR count). The molecule has 0 saturated carbocycles. The second-order valence-corrected chi connectivity index (χ2v) is 5.33. The van der Waals surface area contributed by atoms with Gasteiger partial charge in [-0.25, -0.2) is 4.79 Å². The lowest BCUT2D eigenvalue weighted by atomic mass is 10.1. The molecule has 1 heterocycles. The van der Waals surface area contributed by atoms with Crippen molar-refractivity contribution < 1.29 is 14.3 Å². The largest absolute Gasteiger partial charge is 0.468 e. The second kappa shape index (κ2) is 8.56. The number of hydrogen-bond donors (Lipinski definition) is 3. The molecule has 2 amide bonds. The predicted octanol–water partition coefficient (Wildman–Crippen LogP) is 0.918. The first kappa shape index (κ1) is 17.4. The third-order valence-electron chi connectivity index (χ3n) is 3.29. The van der Waals surface area contributed by atoms with E-state index in [-0.39, 0.29) is 11.7 Å². The number of urea groups is 1. The zero-order valence-corrected chi connectivity index (χ0v) is 12.7. The molecule has 120 valence electrons. The number of hydrogen-bond acceptors (Lipinski definition) is 6. The molecule has 0 radical (unpaired) electrons. The van der Waals surface area contributed by atoms with E-state index in [9.17, 15) is 9.59 Å². The summed E-state index contributed by atoms with van der Waals surface area (Å²) in [7, 11) is 1.32. The maximum absolute atomic E-state index is 11.5. The highest BCUT2D eigenvalue weighted by molar-refractivity contribution is 5.75. The molecule has 0 aromatic rings. The van der Waals surface area contributed by atoms with Gasteiger partial charge in [-0.05, 0) is 39.0 Å². The lowest BCUT2D eigenvalue weighted by molar-refractivity contribution is -0.142. The average Bonchev–Trinajstić information content (AvgIpc) is 3.20. The van der Waals surface area contributed by atoms with Gasteiger partial charge in [0.15, 0.2) is 5.66 Å². The van der Waals surface area contributed by atoms with Crippen LogP contribution in [0.15, 0.2) is 10.2 Å². The van der Waals surface area contributed by atoms with Gasteiger partial charge >= 0.3 is 12.0 Å². The van der Waals surface area contributed by atoms with Gasteiger partial charge in [0.25, 0.3) is 0 Å². The predicted molar refractivity (Wildman–Crippen MR) is 77.7 cm³/mol. The van der Waals surface area contributed by atoms with Crippen LogP contribution >= 0.6 is 0 Å². The van der Waals surface area contributed by atoms with Crippen LogP contribution in [-0.4, -0.2) is 43.9 Å². The SMILES string of the molecule is COC(=O)[C@@H](N)CCCCNC(=O)NCCCC1(C)N=N1. The number of nitrogens with one attached hydrogen (secondary N) is 2. The average molecular weight is 299 g/mol. The molecule has 0 unspecified atom stereocenters. The summed E-state index contributed by atoms with van der Waals surface area (Å²) in [4.78, 5) is 22.5. The molecule has 0 fully saturated rings. The molecule has 0 aliphatic carbocycles. The topological polar surface area (TPSA) is 118 Å². The molecule has 0 aromatic carbocycles. The molecule has 1 aliphatic rings. The van der Waals surface area contributed by atoms with Crippen LogP contribution in [-0.2, 0) is 9.53 Å². The van der Waals surface area contributed by atoms with Crippen molar-refractivity contribution >= 4 is 12.0 Å². The fourth-order valence-electron chi connectivity index (χ4n) is 1.83. The minimum Gasteiger partial charge on any atom is -0.468 e. The van der Waals surface area contributed by atoms with E-state index in [1.54, 1.807) is 0 Å². The Kier molecular flexibility index (Phi) is 7.07. The fraction of sp³-hybridized carbons (Fsp3) is 0.846. The smallest absolute Gasteiger partial charge is 0.322 e. The van der Waals surface area contributed by atoms with E-state index < -0.39 is 12.0 Å². The van der Waals surface area contributed by atoms with E-state index in [1.807, 2.05) is 6.92 Å². The molecule has 21 heavy (non-hydrogen) atoms. The van der Waals surface area contributed by atoms with E-state index in [0.29, 0.717) is 19.5 Å². The maximum atomic E-state index is 11.5. The van der Waals surface area contributed by atoms with Crippen LogP contribution in [0.4, 0.5) is 4.79 Å². The molecule has 8 heteroatoms. The molecule has 1 aliphatic heterocycles. The van der Waals surface area contributed by atoms with E-state index in [4.69, 9.17) is 5.73 Å². The van der Waals surface area contributed by atoms with E-state index in [2.05, 4.69) is 25.6 Å². The van der Waals surface area contributed by atoms with Gasteiger partial charge in [-0.2, -0.15) is 10.2 Å². The number of nitrogens with two attached hydrogens (primary N) is 1. The van der Waals surface area contributed by atoms with Gasteiger partial charge in [-0.15, -0.1) is 0 Å². The quantitative estimate of drug-likeness (QED) is 0.410. The Morgan fingerprint density at radius 1 is 1.19 bits per heavy atom. The highest BCUT2D eigenvalue weighted by atomic mass is 16.5. The minimum atomic E-state index is -0.580. The second-order valence-electron chi connectivity index (χ2n) is 5.33. The first-order valence-electron chi connectivity index (χ1n) is 7.26. The number of ether oxygens (including phenoxy) is 1. The molecule has 0 spiro atoms. The monoisotopic (exact) mass is 299 g/mol. The third-order valence-corrected chi connectivity index (χ3v) is 3.29. The van der Waals surface area contributed by atoms with Gasteiger partial charge in [0.05, 0.1) is 7.11 Å². The highest BCUT2D eigenvalue weighted by Gasteiger charge is 2.32. The van der Waals surface area contributed by atoms with Crippen molar-refractivity contribution in [1.82, 2.24) is 10.6 Å². The Balaban J connectivity index is 1.90. The van der Waals surface area contributed by atoms with Crippen LogP contribution in [0, 0.1) is 0 Å². The van der Waals surface area contributed by atoms with Crippen molar-refractivity contribution in [3.63, 3.8) is 0 Å². The summed E-state index contributed by atoms with van der Waals surface area (Å²) in [6, 6.07) is -0.759. The van der Waals surface area contributed by atoms with Crippen LogP contribution in [0.2, 0.25) is 0 Å². The molecular formula is C13H25N5O3. The summed E-state index contributed by atoms with van der Waals surface area (Å²) in [5, 5.41) is 13.4. The Morgan fingerprint density at radius 2 is 1.81 bits per heavy atom. The van der Waals surface area contributed by atoms with Gasteiger partial charge in [0.1, 0.15) is 6.04 Å². The van der Waals surface area contributed by atoms with Crippen LogP contribution in [0.5, 0.6) is 0 Å². The van der Waals surface area contributed by atoms with E-state index in [0.717, 1.165) is 25.7 Å². The summed E-state index contributed by atoms with van der Waals surface area (Å²) >= 11 is 0. The number of unbranched alkanes of at least 4 members (excludes halogenated alkanes) is 1. The molecule has 4 N–H and O–H groups in total. The lowest BCUT2D eigenvalue weighted by Gasteiger charge is -2.10. The first-order chi connectivity index (χ1) is 9.97. The number of esters is 1. The third kappa shape index (κ3) is 7.60. The lowest BCUT2D eigenvalue weighted by Crippen LogP contribution is -2.37. The molecule has 0 bridgehead atoms. The molecule has 1 atom stereocenters. The zero-order valence-electron chi connectivity index (χ0n) is 12.7. The summed E-state index contributed by atoms with van der Waals surface area (Å²) in [6.07, 6.45) is 3.80. The Hall–Kier alpha value is -1.70. The van der Waals surface area contributed by atoms with Gasteiger partial charge in [-0.3, -0.25) is 4.79 Å². The number of amides is 2. The zero-order chi connectivity index (χ0) is 15.7. The van der Waals surface area contributed by atoms with Gasteiger partial charge in [0.2, 0.25) is 0 Å². The number of nitrogens with zero attached hydrogens (tertiary/aromatic N) is 2. The van der Waals surface area contributed by atoms with Gasteiger partial charge in [0, 0.05) is 13.1 Å². The van der Waals surface area contributed by atoms with Crippen molar-refractivity contribution in [2.24, 2.45) is 16.0 Å². The maximum Gasteiger partial charge on any atom is 0.322 e. The Labute approximate surface area is 124 Å². The van der Waals surface area contributed by atoms with Crippen molar-refractivity contribution in [2.75, 3.05) is 20.2 Å². The Morgan fingerprint density at radius 3 is 2.38 bits per heavy atom. The first-order valence-corrected chi connectivity index (χ1v) is 7.26. The van der Waals surface area contributed by atoms with Crippen LogP contribution in [0.25, 0.3) is 0 Å². The number of carbonyl (C=O) groups excluding carboxylic acids is 2. The van der Waals surface area contributed by atoms with E-state index >= 15 is 0 Å². The van der Waals surface area contributed by atoms with Crippen LogP contribution in [0.1, 0.15) is 39.0 Å². The van der Waals surface area contributed by atoms with Crippen molar-refractivity contribution in [3.05, 3.63) is 0 Å². The van der Waals surface area contributed by atoms with Crippen molar-refractivity contribution in [2.45, 2.75) is 50.7 Å². The fourth-order valence-corrected chi connectivity index (χ4v) is 1.83. The highest BCUT2D eigenvalue weighted by Crippen LogP contribution is 2.31. The Bertz CT molecular complexity index is 380. The number of methoxy groups -OCH3 is 1. The molecule has 0 saturated heterocycles. The summed E-state index contributed by atoms with van der Waals surface area (Å²) in [6.45, 7) is 3.13. The van der Waals surface area contributed by atoms with Crippen molar-refractivity contribution in [3.8, 4) is 0 Å². The normalized spacial score (nSPS) is 16.1. The van der Waals surface area contributed by atoms with Crippen molar-refractivity contribution in [1.29, 1.82) is 0 Å². The molecule has 8 nitrogen and oxygen atoms in total. The number of carbonyl (C=O) groups is 2. The number of rotatable bonds is 10. The van der Waals surface area contributed by atoms with Crippen LogP contribution in [0.3, 0.4) is 0 Å². The molecular weight excluding hydrogens is 274 g/mol.